The number of nitro groups is 1. The number of rotatable bonds is 3. The van der Waals surface area contributed by atoms with Crippen LogP contribution in [0.2, 0.25) is 5.02 Å². The first-order valence-corrected chi connectivity index (χ1v) is 5.74. The van der Waals surface area contributed by atoms with Crippen LogP contribution in [0.1, 0.15) is 12.6 Å². The minimum atomic E-state index is -0.499. The molecule has 0 aliphatic rings. The Kier molecular flexibility index (Phi) is 3.53. The summed E-state index contributed by atoms with van der Waals surface area (Å²) in [6, 6.07) is 4.69. The summed E-state index contributed by atoms with van der Waals surface area (Å²) in [6.07, 6.45) is 3.85. The number of benzene rings is 1. The zero-order chi connectivity index (χ0) is 13.1. The second-order valence-corrected chi connectivity index (χ2v) is 4.07. The molecular weight excluding hydrogens is 254 g/mol. The van der Waals surface area contributed by atoms with Gasteiger partial charge in [0.1, 0.15) is 11.3 Å². The first-order chi connectivity index (χ1) is 8.63. The number of aromatic nitrogens is 2. The van der Waals surface area contributed by atoms with E-state index in [1.807, 2.05) is 6.92 Å². The Labute approximate surface area is 109 Å². The number of hydrogen-bond acceptors (Lipinski definition) is 4. The van der Waals surface area contributed by atoms with Gasteiger partial charge >= 0.3 is 0 Å². The van der Waals surface area contributed by atoms with E-state index < -0.39 is 4.92 Å². The largest absolute Gasteiger partial charge is 0.288 e. The molecule has 1 aromatic heterocycles. The second kappa shape index (κ2) is 5.10. The van der Waals surface area contributed by atoms with Crippen LogP contribution >= 0.6 is 11.6 Å². The standard InChI is InChI=1S/C12H10ClN3O2/c1-2-11-9(6-14-7-15-11)8-3-4-10(13)12(5-8)16(17)18/h3-7H,2H2,1H3. The highest BCUT2D eigenvalue weighted by atomic mass is 35.5. The van der Waals surface area contributed by atoms with Gasteiger partial charge in [0.2, 0.25) is 0 Å². The molecule has 0 bridgehead atoms. The Hall–Kier alpha value is -2.01. The normalized spacial score (nSPS) is 10.3. The first-order valence-electron chi connectivity index (χ1n) is 5.36. The predicted molar refractivity (Wildman–Crippen MR) is 68.5 cm³/mol. The summed E-state index contributed by atoms with van der Waals surface area (Å²) in [6.45, 7) is 1.97. The van der Waals surface area contributed by atoms with Crippen LogP contribution in [0, 0.1) is 10.1 Å². The third-order valence-corrected chi connectivity index (χ3v) is 2.90. The zero-order valence-corrected chi connectivity index (χ0v) is 10.4. The van der Waals surface area contributed by atoms with Crippen LogP contribution < -0.4 is 0 Å². The lowest BCUT2D eigenvalue weighted by Crippen LogP contribution is -1.95. The molecule has 0 spiro atoms. The van der Waals surface area contributed by atoms with Gasteiger partial charge in [0.05, 0.1) is 10.6 Å². The van der Waals surface area contributed by atoms with E-state index in [1.54, 1.807) is 12.3 Å². The maximum Gasteiger partial charge on any atom is 0.288 e. The summed E-state index contributed by atoms with van der Waals surface area (Å²) >= 11 is 5.78. The fraction of sp³-hybridized carbons (Fsp3) is 0.167. The minimum Gasteiger partial charge on any atom is -0.258 e. The van der Waals surface area contributed by atoms with Crippen LogP contribution in [-0.4, -0.2) is 14.9 Å². The molecule has 0 saturated heterocycles. The van der Waals surface area contributed by atoms with Crippen molar-refractivity contribution in [3.63, 3.8) is 0 Å². The Bertz CT molecular complexity index is 602. The minimum absolute atomic E-state index is 0.111. The van der Waals surface area contributed by atoms with Crippen molar-refractivity contribution in [3.8, 4) is 11.1 Å². The van der Waals surface area contributed by atoms with Crippen molar-refractivity contribution < 1.29 is 4.92 Å². The predicted octanol–water partition coefficient (Wildman–Crippen LogP) is 3.27. The molecule has 0 unspecified atom stereocenters. The summed E-state index contributed by atoms with van der Waals surface area (Å²) in [5.41, 5.74) is 2.23. The van der Waals surface area contributed by atoms with Crippen molar-refractivity contribution >= 4 is 17.3 Å². The van der Waals surface area contributed by atoms with Crippen molar-refractivity contribution in [2.75, 3.05) is 0 Å². The average Bonchev–Trinajstić information content (AvgIpc) is 2.39. The van der Waals surface area contributed by atoms with E-state index in [4.69, 9.17) is 11.6 Å². The van der Waals surface area contributed by atoms with E-state index in [0.29, 0.717) is 5.56 Å². The quantitative estimate of drug-likeness (QED) is 0.629. The van der Waals surface area contributed by atoms with Crippen molar-refractivity contribution in [1.29, 1.82) is 0 Å². The summed E-state index contributed by atoms with van der Waals surface area (Å²) in [5.74, 6) is 0. The first kappa shape index (κ1) is 12.4. The van der Waals surface area contributed by atoms with E-state index in [2.05, 4.69) is 9.97 Å². The molecule has 1 heterocycles. The summed E-state index contributed by atoms with van der Waals surface area (Å²) in [4.78, 5) is 18.5. The molecule has 0 atom stereocenters. The van der Waals surface area contributed by atoms with Crippen molar-refractivity contribution in [3.05, 3.63) is 51.6 Å². The zero-order valence-electron chi connectivity index (χ0n) is 9.63. The third kappa shape index (κ3) is 2.31. The van der Waals surface area contributed by atoms with Crippen molar-refractivity contribution in [2.24, 2.45) is 0 Å². The number of hydrogen-bond donors (Lipinski definition) is 0. The highest BCUT2D eigenvalue weighted by molar-refractivity contribution is 6.32. The van der Waals surface area contributed by atoms with E-state index in [1.165, 1.54) is 18.5 Å². The molecule has 1 aromatic carbocycles. The number of nitro benzene ring substituents is 1. The maximum absolute atomic E-state index is 10.8. The van der Waals surface area contributed by atoms with Crippen LogP contribution in [0.5, 0.6) is 0 Å². The lowest BCUT2D eigenvalue weighted by molar-refractivity contribution is -0.384. The van der Waals surface area contributed by atoms with E-state index in [0.717, 1.165) is 17.7 Å². The number of halogens is 1. The van der Waals surface area contributed by atoms with Gasteiger partial charge in [-0.05, 0) is 18.1 Å². The molecule has 0 N–H and O–H groups in total. The van der Waals surface area contributed by atoms with Gasteiger partial charge in [0, 0.05) is 17.8 Å². The average molecular weight is 264 g/mol. The Balaban J connectivity index is 2.58. The Morgan fingerprint density at radius 1 is 1.44 bits per heavy atom. The molecule has 0 saturated carbocycles. The van der Waals surface area contributed by atoms with Crippen LogP contribution in [0.25, 0.3) is 11.1 Å². The molecule has 2 aromatic rings. The fourth-order valence-corrected chi connectivity index (χ4v) is 1.88. The molecule has 18 heavy (non-hydrogen) atoms. The van der Waals surface area contributed by atoms with Gasteiger partial charge < -0.3 is 0 Å². The molecule has 2 rings (SSSR count). The Morgan fingerprint density at radius 2 is 2.22 bits per heavy atom. The molecule has 0 fully saturated rings. The molecule has 0 amide bonds. The van der Waals surface area contributed by atoms with Crippen LogP contribution in [0.4, 0.5) is 5.69 Å². The lowest BCUT2D eigenvalue weighted by Gasteiger charge is -2.06. The van der Waals surface area contributed by atoms with Gasteiger partial charge in [-0.1, -0.05) is 24.6 Å². The highest BCUT2D eigenvalue weighted by Crippen LogP contribution is 2.31. The van der Waals surface area contributed by atoms with E-state index in [9.17, 15) is 10.1 Å². The van der Waals surface area contributed by atoms with Crippen LogP contribution in [0.3, 0.4) is 0 Å². The molecule has 0 aliphatic carbocycles. The van der Waals surface area contributed by atoms with Crippen LogP contribution in [0.15, 0.2) is 30.7 Å². The van der Waals surface area contributed by atoms with E-state index in [-0.39, 0.29) is 10.7 Å². The summed E-state index contributed by atoms with van der Waals surface area (Å²) < 4.78 is 0. The summed E-state index contributed by atoms with van der Waals surface area (Å²) in [7, 11) is 0. The second-order valence-electron chi connectivity index (χ2n) is 3.66. The third-order valence-electron chi connectivity index (χ3n) is 2.58. The molecule has 6 heteroatoms. The van der Waals surface area contributed by atoms with E-state index >= 15 is 0 Å². The lowest BCUT2D eigenvalue weighted by atomic mass is 10.0. The smallest absolute Gasteiger partial charge is 0.258 e. The fourth-order valence-electron chi connectivity index (χ4n) is 1.70. The maximum atomic E-state index is 10.8. The highest BCUT2D eigenvalue weighted by Gasteiger charge is 2.15. The molecular formula is C12H10ClN3O2. The monoisotopic (exact) mass is 263 g/mol. The van der Waals surface area contributed by atoms with Crippen LogP contribution in [-0.2, 0) is 6.42 Å². The molecule has 5 nitrogen and oxygen atoms in total. The van der Waals surface area contributed by atoms with Crippen molar-refractivity contribution in [1.82, 2.24) is 9.97 Å². The van der Waals surface area contributed by atoms with Gasteiger partial charge in [-0.25, -0.2) is 9.97 Å². The van der Waals surface area contributed by atoms with Crippen molar-refractivity contribution in [2.45, 2.75) is 13.3 Å². The SMILES string of the molecule is CCc1ncncc1-c1ccc(Cl)c([N+](=O)[O-])c1. The van der Waals surface area contributed by atoms with Gasteiger partial charge in [0.15, 0.2) is 0 Å². The number of aryl methyl sites for hydroxylation is 1. The molecule has 0 radical (unpaired) electrons. The topological polar surface area (TPSA) is 68.9 Å². The molecule has 92 valence electrons. The van der Waals surface area contributed by atoms with Gasteiger partial charge in [-0.15, -0.1) is 0 Å². The number of nitrogens with zero attached hydrogens (tertiary/aromatic N) is 3. The van der Waals surface area contributed by atoms with Gasteiger partial charge in [0.25, 0.3) is 5.69 Å². The molecule has 0 aliphatic heterocycles. The Morgan fingerprint density at radius 3 is 2.89 bits per heavy atom. The summed E-state index contributed by atoms with van der Waals surface area (Å²) in [5, 5.41) is 11.0. The van der Waals surface area contributed by atoms with Gasteiger partial charge in [-0.2, -0.15) is 0 Å². The van der Waals surface area contributed by atoms with Gasteiger partial charge in [-0.3, -0.25) is 10.1 Å².